The normalized spacial score (nSPS) is 6.00. The van der Waals surface area contributed by atoms with Crippen molar-refractivity contribution < 1.29 is 73.1 Å². The quantitative estimate of drug-likeness (QED) is 0.310. The van der Waals surface area contributed by atoms with E-state index >= 15 is 0 Å². The largest absolute Gasteiger partial charge is 1.00 e. The van der Waals surface area contributed by atoms with Gasteiger partial charge >= 0.3 is 70.2 Å². The summed E-state index contributed by atoms with van der Waals surface area (Å²) in [5, 5.41) is 0. The smallest absolute Gasteiger partial charge is 1.00 e. The van der Waals surface area contributed by atoms with Crippen LogP contribution in [0.15, 0.2) is 36.4 Å². The van der Waals surface area contributed by atoms with E-state index in [1.165, 1.54) is 0 Å². The third-order valence-electron chi connectivity index (χ3n) is 0.667. The Morgan fingerprint density at radius 1 is 0.625 bits per heavy atom. The van der Waals surface area contributed by atoms with Crippen LogP contribution >= 0.6 is 0 Å². The molecule has 0 N–H and O–H groups in total. The Labute approximate surface area is 108 Å². The summed E-state index contributed by atoms with van der Waals surface area (Å²) >= 11 is 0. The molecule has 8 heavy (non-hydrogen) atoms. The van der Waals surface area contributed by atoms with E-state index in [9.17, 15) is 0 Å². The predicted molar refractivity (Wildman–Crippen MR) is 28.7 cm³/mol. The van der Waals surface area contributed by atoms with E-state index in [1.54, 1.807) is 0 Å². The van der Waals surface area contributed by atoms with Crippen LogP contribution in [0.25, 0.3) is 0 Å². The van der Waals surface area contributed by atoms with Gasteiger partial charge in [-0.25, -0.2) is 0 Å². The van der Waals surface area contributed by atoms with Crippen molar-refractivity contribution in [2.24, 2.45) is 0 Å². The summed E-state index contributed by atoms with van der Waals surface area (Å²) in [6, 6.07) is 12.0. The monoisotopic (exact) mass is 126 g/mol. The molecule has 0 atom stereocenters. The Balaban J connectivity index is -0.0000000450. The third kappa shape index (κ3) is 5.59. The summed E-state index contributed by atoms with van der Waals surface area (Å²) in [5.74, 6) is 0. The van der Waals surface area contributed by atoms with Gasteiger partial charge in [-0.3, -0.25) is 0 Å². The van der Waals surface area contributed by atoms with Gasteiger partial charge in [-0.15, -0.1) is 0 Å². The van der Waals surface area contributed by atoms with Gasteiger partial charge in [0.05, 0.1) is 0 Å². The first-order valence-electron chi connectivity index (χ1n) is 2.00. The molecule has 0 bridgehead atoms. The Morgan fingerprint density at radius 3 is 0.875 bits per heavy atom. The summed E-state index contributed by atoms with van der Waals surface area (Å²) < 4.78 is 0. The molecule has 1 aromatic carbocycles. The van der Waals surface area contributed by atoms with Crippen molar-refractivity contribution in [2.45, 2.75) is 0 Å². The first-order chi connectivity index (χ1) is 3.00. The van der Waals surface area contributed by atoms with Gasteiger partial charge in [-0.05, 0) is 0 Å². The minimum atomic E-state index is 0. The molecule has 0 amide bonds. The van der Waals surface area contributed by atoms with Gasteiger partial charge in [0.25, 0.3) is 0 Å². The van der Waals surface area contributed by atoms with Crippen molar-refractivity contribution in [1.82, 2.24) is 0 Å². The van der Waals surface area contributed by atoms with Crippen molar-refractivity contribution >= 4 is 0 Å². The summed E-state index contributed by atoms with van der Waals surface area (Å²) in [7, 11) is 0. The fraction of sp³-hybridized carbons (Fsp3) is 0. The molecule has 1 aromatic rings. The van der Waals surface area contributed by atoms with Gasteiger partial charge in [0.1, 0.15) is 0 Å². The minimum Gasteiger partial charge on any atom is -1.00 e. The first kappa shape index (κ1) is 12.2. The van der Waals surface area contributed by atoms with E-state index in [0.717, 1.165) is 0 Å². The molecule has 0 unspecified atom stereocenters. The van der Waals surface area contributed by atoms with E-state index in [0.29, 0.717) is 0 Å². The zero-order valence-corrected chi connectivity index (χ0v) is 8.59. The second-order valence-electron chi connectivity index (χ2n) is 1.15. The number of hydrogen-bond donors (Lipinski definition) is 0. The van der Waals surface area contributed by atoms with Crippen LogP contribution in [0.2, 0.25) is 0 Å². The van der Waals surface area contributed by atoms with Crippen molar-refractivity contribution in [2.75, 3.05) is 0 Å². The molecular weight excluding hydrogens is 118 g/mol. The summed E-state index contributed by atoms with van der Waals surface area (Å²) in [6.45, 7) is 0. The topological polar surface area (TPSA) is 0 Å². The standard InChI is InChI=1S/C6H6.K.Li.2H/c1-2-4-6-5-3-1;;;;/h1-6H;;;;/q;2*+1;2*-1. The molecule has 0 aliphatic heterocycles. The van der Waals surface area contributed by atoms with E-state index in [2.05, 4.69) is 0 Å². The van der Waals surface area contributed by atoms with E-state index < -0.39 is 0 Å². The van der Waals surface area contributed by atoms with Crippen LogP contribution < -0.4 is 70.2 Å². The molecule has 0 heterocycles. The molecule has 0 fully saturated rings. The average Bonchev–Trinajstić information content (AvgIpc) is 1.72. The minimum absolute atomic E-state index is 0. The van der Waals surface area contributed by atoms with Crippen LogP contribution in [0.5, 0.6) is 0 Å². The van der Waals surface area contributed by atoms with E-state index in [4.69, 9.17) is 0 Å². The molecule has 1 rings (SSSR count). The SMILES string of the molecule is [H-].[H-].[K+].[Li+].c1ccccc1. The van der Waals surface area contributed by atoms with Crippen molar-refractivity contribution in [3.05, 3.63) is 36.4 Å². The van der Waals surface area contributed by atoms with Crippen LogP contribution in [-0.2, 0) is 0 Å². The van der Waals surface area contributed by atoms with Gasteiger partial charge in [-0.2, -0.15) is 0 Å². The molecule has 0 aliphatic carbocycles. The summed E-state index contributed by atoms with van der Waals surface area (Å²) in [6.07, 6.45) is 0. The van der Waals surface area contributed by atoms with Crippen LogP contribution in [0, 0.1) is 0 Å². The van der Waals surface area contributed by atoms with Gasteiger partial charge in [0.15, 0.2) is 0 Å². The maximum atomic E-state index is 2.00. The summed E-state index contributed by atoms with van der Waals surface area (Å²) in [5.41, 5.74) is 0. The predicted octanol–water partition coefficient (Wildman–Crippen LogP) is -4.08. The van der Waals surface area contributed by atoms with Gasteiger partial charge in [0, 0.05) is 0 Å². The third-order valence-corrected chi connectivity index (χ3v) is 0.667. The maximum Gasteiger partial charge on any atom is 1.00 e. The average molecular weight is 126 g/mol. The van der Waals surface area contributed by atoms with Crippen LogP contribution in [0.3, 0.4) is 0 Å². The molecule has 34 valence electrons. The zero-order chi connectivity index (χ0) is 4.24. The van der Waals surface area contributed by atoms with Gasteiger partial charge in [0.2, 0.25) is 0 Å². The van der Waals surface area contributed by atoms with Crippen molar-refractivity contribution in [3.8, 4) is 0 Å². The number of benzene rings is 1. The second-order valence-corrected chi connectivity index (χ2v) is 1.15. The van der Waals surface area contributed by atoms with E-state index in [1.807, 2.05) is 36.4 Å². The number of rotatable bonds is 0. The molecule has 0 nitrogen and oxygen atoms in total. The molecule has 0 radical (unpaired) electrons. The Bertz CT molecular complexity index is 87.7. The fourth-order valence-electron chi connectivity index (χ4n) is 0.385. The molecule has 0 saturated carbocycles. The maximum absolute atomic E-state index is 2.00. The molecule has 2 heteroatoms. The van der Waals surface area contributed by atoms with Crippen LogP contribution in [-0.4, -0.2) is 0 Å². The van der Waals surface area contributed by atoms with Crippen molar-refractivity contribution in [1.29, 1.82) is 0 Å². The first-order valence-corrected chi connectivity index (χ1v) is 2.00. The zero-order valence-electron chi connectivity index (χ0n) is 7.46. The molecular formula is C6H8KLi. The van der Waals surface area contributed by atoms with Crippen molar-refractivity contribution in [3.63, 3.8) is 0 Å². The second kappa shape index (κ2) is 8.45. The number of hydrogen-bond acceptors (Lipinski definition) is 0. The van der Waals surface area contributed by atoms with Gasteiger partial charge < -0.3 is 2.85 Å². The molecule has 0 saturated heterocycles. The molecule has 0 spiro atoms. The Kier molecular flexibility index (Phi) is 12.9. The summed E-state index contributed by atoms with van der Waals surface area (Å²) in [4.78, 5) is 0. The van der Waals surface area contributed by atoms with Crippen LogP contribution in [0.4, 0.5) is 0 Å². The van der Waals surface area contributed by atoms with E-state index in [-0.39, 0.29) is 73.1 Å². The van der Waals surface area contributed by atoms with Crippen LogP contribution in [0.1, 0.15) is 2.85 Å². The molecule has 0 aliphatic rings. The Hall–Kier alpha value is 1.45. The molecule has 0 aromatic heterocycles. The van der Waals surface area contributed by atoms with Gasteiger partial charge in [-0.1, -0.05) is 36.4 Å². The fourth-order valence-corrected chi connectivity index (χ4v) is 0.385. The Morgan fingerprint density at radius 2 is 0.750 bits per heavy atom.